The van der Waals surface area contributed by atoms with E-state index in [4.69, 9.17) is 9.47 Å². The summed E-state index contributed by atoms with van der Waals surface area (Å²) >= 11 is 1.13. The van der Waals surface area contributed by atoms with Gasteiger partial charge >= 0.3 is 0 Å². The van der Waals surface area contributed by atoms with Crippen molar-refractivity contribution >= 4 is 55.7 Å². The van der Waals surface area contributed by atoms with Gasteiger partial charge in [0, 0.05) is 23.4 Å². The fourth-order valence-electron chi connectivity index (χ4n) is 4.60. The maximum Gasteiger partial charge on any atom is 0.285 e. The number of pyridine rings is 1. The molecule has 0 aliphatic carbocycles. The van der Waals surface area contributed by atoms with Crippen LogP contribution in [0.2, 0.25) is 0 Å². The standard InChI is InChI=1S/C25H20N4O8S2/c1-36-12-37-10-13-11-38-22-20(13)39(34,35)27-21(26-22)18-19(30)16-8-4-5-9-17(16)28(25(18)33)29-23(31)14-6-2-3-7-15(14)24(29)32/h2-9,11,30,34-35H,10,12H2,1H3,(H,26,27). The van der Waals surface area contributed by atoms with Gasteiger partial charge in [-0.25, -0.2) is 4.68 Å². The maximum atomic E-state index is 14.0. The monoisotopic (exact) mass is 568 g/mol. The predicted octanol–water partition coefficient (Wildman–Crippen LogP) is 3.72. The zero-order valence-corrected chi connectivity index (χ0v) is 21.8. The number of hydrogen-bond acceptors (Lipinski definition) is 11. The van der Waals surface area contributed by atoms with Crippen LogP contribution < -0.4 is 15.9 Å². The lowest BCUT2D eigenvalue weighted by molar-refractivity contribution is -0.0396. The lowest BCUT2D eigenvalue weighted by Gasteiger charge is -2.33. The van der Waals surface area contributed by atoms with E-state index in [1.807, 2.05) is 0 Å². The van der Waals surface area contributed by atoms with Gasteiger partial charge in [0.05, 0.1) is 23.3 Å². The third kappa shape index (κ3) is 3.84. The second-order valence-electron chi connectivity index (χ2n) is 8.58. The molecule has 4 aromatic rings. The fraction of sp³-hybridized carbons (Fsp3) is 0.120. The zero-order chi connectivity index (χ0) is 27.5. The molecule has 0 atom stereocenters. The summed E-state index contributed by atoms with van der Waals surface area (Å²) in [6.07, 6.45) is 0. The average Bonchev–Trinajstić information content (AvgIpc) is 3.44. The van der Waals surface area contributed by atoms with Gasteiger partial charge in [-0.05, 0) is 24.3 Å². The number of hydrogen-bond donors (Lipinski definition) is 4. The molecule has 0 saturated carbocycles. The summed E-state index contributed by atoms with van der Waals surface area (Å²) in [6.45, 7) is 0.0178. The molecule has 2 aliphatic rings. The Hall–Kier alpha value is -4.05. The molecule has 0 fully saturated rings. The van der Waals surface area contributed by atoms with Crippen molar-refractivity contribution in [1.29, 1.82) is 0 Å². The van der Waals surface area contributed by atoms with Crippen LogP contribution in [0.3, 0.4) is 0 Å². The lowest BCUT2D eigenvalue weighted by Crippen LogP contribution is -2.48. The van der Waals surface area contributed by atoms with Gasteiger partial charge in [0.1, 0.15) is 28.0 Å². The second kappa shape index (κ2) is 9.30. The van der Waals surface area contributed by atoms with Gasteiger partial charge in [-0.3, -0.25) is 23.5 Å². The molecule has 6 rings (SSSR count). The van der Waals surface area contributed by atoms with E-state index in [-0.39, 0.29) is 51.2 Å². The van der Waals surface area contributed by atoms with Crippen molar-refractivity contribution in [3.8, 4) is 5.75 Å². The van der Waals surface area contributed by atoms with E-state index in [9.17, 15) is 28.6 Å². The third-order valence-corrected chi connectivity index (χ3v) is 8.76. The second-order valence-corrected chi connectivity index (χ2v) is 11.1. The van der Waals surface area contributed by atoms with Gasteiger partial charge in [-0.15, -0.1) is 15.7 Å². The van der Waals surface area contributed by atoms with Crippen LogP contribution in [-0.2, 0) is 16.1 Å². The first-order chi connectivity index (χ1) is 18.7. The molecule has 0 unspecified atom stereocenters. The highest BCUT2D eigenvalue weighted by Crippen LogP contribution is 2.59. The number of amides is 2. The SMILES string of the molecule is COCOCc1csc2c1S(O)(O)N=C(c1c(O)c3ccccc3n(N3C(=O)c4ccccc4C3=O)c1=O)N2. The molecule has 0 bridgehead atoms. The summed E-state index contributed by atoms with van der Waals surface area (Å²) in [5.74, 6) is -2.27. The first-order valence-corrected chi connectivity index (χ1v) is 13.8. The van der Waals surface area contributed by atoms with Gasteiger partial charge in [-0.2, -0.15) is 5.01 Å². The van der Waals surface area contributed by atoms with Crippen LogP contribution in [0.5, 0.6) is 5.75 Å². The molecule has 39 heavy (non-hydrogen) atoms. The van der Waals surface area contributed by atoms with Crippen LogP contribution in [0, 0.1) is 0 Å². The van der Waals surface area contributed by atoms with E-state index in [2.05, 4.69) is 9.71 Å². The highest BCUT2D eigenvalue weighted by Gasteiger charge is 2.40. The first kappa shape index (κ1) is 25.2. The van der Waals surface area contributed by atoms with Crippen LogP contribution in [-0.4, -0.2) is 50.4 Å². The molecule has 0 spiro atoms. The predicted molar refractivity (Wildman–Crippen MR) is 145 cm³/mol. The molecular formula is C25H20N4O8S2. The van der Waals surface area contributed by atoms with Gasteiger partial charge in [0.2, 0.25) is 0 Å². The van der Waals surface area contributed by atoms with E-state index in [1.54, 1.807) is 29.6 Å². The normalized spacial score (nSPS) is 16.6. The van der Waals surface area contributed by atoms with E-state index in [1.165, 1.54) is 31.4 Å². The molecule has 2 aromatic heterocycles. The molecule has 2 aliphatic heterocycles. The summed E-state index contributed by atoms with van der Waals surface area (Å²) in [4.78, 5) is 40.7. The van der Waals surface area contributed by atoms with Gasteiger partial charge in [0.25, 0.3) is 17.4 Å². The number of nitrogens with zero attached hydrogens (tertiary/aromatic N) is 3. The number of nitrogens with one attached hydrogen (secondary N) is 1. The van der Waals surface area contributed by atoms with Crippen molar-refractivity contribution in [3.05, 3.63) is 86.5 Å². The number of carbonyl (C=O) groups excluding carboxylic acids is 2. The van der Waals surface area contributed by atoms with E-state index < -0.39 is 39.5 Å². The van der Waals surface area contributed by atoms with Crippen molar-refractivity contribution < 1.29 is 33.3 Å². The Morgan fingerprint density at radius 2 is 1.69 bits per heavy atom. The summed E-state index contributed by atoms with van der Waals surface area (Å²) in [5, 5.41) is 16.9. The molecule has 200 valence electrons. The van der Waals surface area contributed by atoms with Crippen LogP contribution in [0.15, 0.2) is 68.0 Å². The number of fused-ring (bicyclic) bond motifs is 3. The molecular weight excluding hydrogens is 548 g/mol. The minimum atomic E-state index is -3.84. The minimum absolute atomic E-state index is 0.00588. The van der Waals surface area contributed by atoms with Crippen molar-refractivity contribution in [2.75, 3.05) is 24.2 Å². The summed E-state index contributed by atoms with van der Waals surface area (Å²) in [5.41, 5.74) is -0.597. The Labute approximate surface area is 225 Å². The molecule has 4 heterocycles. The van der Waals surface area contributed by atoms with Crippen molar-refractivity contribution in [1.82, 2.24) is 4.68 Å². The Kier molecular flexibility index (Phi) is 6.02. The highest BCUT2D eigenvalue weighted by molar-refractivity contribution is 8.23. The maximum absolute atomic E-state index is 14.0. The highest BCUT2D eigenvalue weighted by atomic mass is 32.3. The quantitative estimate of drug-likeness (QED) is 0.154. The topological polar surface area (TPSA) is 163 Å². The van der Waals surface area contributed by atoms with Crippen molar-refractivity contribution in [2.24, 2.45) is 4.40 Å². The smallest absolute Gasteiger partial charge is 0.285 e. The summed E-state index contributed by atoms with van der Waals surface area (Å²) in [7, 11) is -2.38. The van der Waals surface area contributed by atoms with Crippen LogP contribution in [0.25, 0.3) is 10.9 Å². The number of anilines is 1. The van der Waals surface area contributed by atoms with E-state index in [0.717, 1.165) is 16.0 Å². The Bertz CT molecular complexity index is 1740. The summed E-state index contributed by atoms with van der Waals surface area (Å²) < 4.78 is 37.1. The van der Waals surface area contributed by atoms with Crippen LogP contribution in [0.4, 0.5) is 5.00 Å². The fourth-order valence-corrected chi connectivity index (χ4v) is 7.24. The number of imide groups is 1. The number of thiophene rings is 1. The average molecular weight is 569 g/mol. The number of aromatic hydroxyl groups is 1. The first-order valence-electron chi connectivity index (χ1n) is 11.4. The van der Waals surface area contributed by atoms with Crippen LogP contribution >= 0.6 is 22.1 Å². The number of amidine groups is 1. The number of ether oxygens (including phenoxy) is 2. The van der Waals surface area contributed by atoms with Crippen molar-refractivity contribution in [3.63, 3.8) is 0 Å². The third-order valence-electron chi connectivity index (χ3n) is 6.24. The van der Waals surface area contributed by atoms with Gasteiger partial charge < -0.3 is 19.9 Å². The van der Waals surface area contributed by atoms with E-state index >= 15 is 0 Å². The zero-order valence-electron chi connectivity index (χ0n) is 20.2. The Morgan fingerprint density at radius 1 is 1.03 bits per heavy atom. The largest absolute Gasteiger partial charge is 0.506 e. The number of rotatable bonds is 6. The van der Waals surface area contributed by atoms with Crippen molar-refractivity contribution in [2.45, 2.75) is 11.5 Å². The number of aromatic nitrogens is 1. The van der Waals surface area contributed by atoms with Crippen LogP contribution in [0.1, 0.15) is 31.8 Å². The lowest BCUT2D eigenvalue weighted by atomic mass is 10.1. The molecule has 0 saturated heterocycles. The van der Waals surface area contributed by atoms with Gasteiger partial charge in [0.15, 0.2) is 5.84 Å². The molecule has 14 heteroatoms. The number of benzene rings is 2. The molecule has 0 radical (unpaired) electrons. The number of carbonyl (C=O) groups is 2. The molecule has 4 N–H and O–H groups in total. The van der Waals surface area contributed by atoms with Gasteiger partial charge in [-0.1, -0.05) is 35.0 Å². The number of para-hydroxylation sites is 1. The number of methoxy groups -OCH3 is 1. The Morgan fingerprint density at radius 3 is 2.38 bits per heavy atom. The van der Waals surface area contributed by atoms with E-state index in [0.29, 0.717) is 10.6 Å². The minimum Gasteiger partial charge on any atom is -0.506 e. The summed E-state index contributed by atoms with van der Waals surface area (Å²) in [6, 6.07) is 12.4. The molecule has 2 amide bonds. The molecule has 2 aromatic carbocycles. The molecule has 12 nitrogen and oxygen atoms in total. The Balaban J connectivity index is 1.53.